The summed E-state index contributed by atoms with van der Waals surface area (Å²) in [5, 5.41) is 7.19. The van der Waals surface area contributed by atoms with E-state index >= 15 is 0 Å². The van der Waals surface area contributed by atoms with Crippen LogP contribution in [0.4, 0.5) is 0 Å². The van der Waals surface area contributed by atoms with E-state index in [0.717, 1.165) is 19.5 Å². The van der Waals surface area contributed by atoms with Gasteiger partial charge in [-0.1, -0.05) is 12.1 Å². The minimum absolute atomic E-state index is 0.303. The summed E-state index contributed by atoms with van der Waals surface area (Å²) in [4.78, 5) is 1.34. The van der Waals surface area contributed by atoms with Crippen LogP contribution in [0.15, 0.2) is 29.2 Å². The molecule has 2 N–H and O–H groups in total. The van der Waals surface area contributed by atoms with Gasteiger partial charge in [-0.15, -0.1) is 11.8 Å². The van der Waals surface area contributed by atoms with E-state index in [1.807, 2.05) is 0 Å². The molecule has 2 rings (SSSR count). The molecule has 0 aliphatic carbocycles. The van der Waals surface area contributed by atoms with Crippen LogP contribution in [0.2, 0.25) is 0 Å². The molecule has 18 heavy (non-hydrogen) atoms. The Kier molecular flexibility index (Phi) is 4.71. The van der Waals surface area contributed by atoms with Crippen molar-refractivity contribution in [3.63, 3.8) is 0 Å². The highest BCUT2D eigenvalue weighted by Crippen LogP contribution is 2.18. The molecule has 1 aromatic carbocycles. The predicted molar refractivity (Wildman–Crippen MR) is 80.4 cm³/mol. The van der Waals surface area contributed by atoms with Crippen LogP contribution in [0.25, 0.3) is 0 Å². The standard InChI is InChI=1S/C15H24N2S/c1-15(2)10-13(11-17-15)16-9-8-12-4-6-14(18-3)7-5-12/h4-7,13,16-17H,8-11H2,1-3H3. The van der Waals surface area contributed by atoms with Crippen LogP contribution in [0, 0.1) is 0 Å². The molecule has 0 bridgehead atoms. The van der Waals surface area contributed by atoms with Crippen molar-refractivity contribution in [2.45, 2.75) is 43.2 Å². The quantitative estimate of drug-likeness (QED) is 0.800. The van der Waals surface area contributed by atoms with E-state index in [4.69, 9.17) is 0 Å². The maximum atomic E-state index is 3.65. The average Bonchev–Trinajstić information content (AvgIpc) is 2.70. The van der Waals surface area contributed by atoms with Crippen LogP contribution >= 0.6 is 11.8 Å². The molecule has 3 heteroatoms. The molecule has 1 heterocycles. The van der Waals surface area contributed by atoms with Crippen LogP contribution in [0.1, 0.15) is 25.8 Å². The van der Waals surface area contributed by atoms with Gasteiger partial charge in [-0.25, -0.2) is 0 Å². The van der Waals surface area contributed by atoms with Crippen molar-refractivity contribution in [2.75, 3.05) is 19.3 Å². The van der Waals surface area contributed by atoms with E-state index in [2.05, 4.69) is 55.0 Å². The van der Waals surface area contributed by atoms with Crippen molar-refractivity contribution < 1.29 is 0 Å². The van der Waals surface area contributed by atoms with Crippen molar-refractivity contribution in [3.8, 4) is 0 Å². The van der Waals surface area contributed by atoms with E-state index in [-0.39, 0.29) is 0 Å². The van der Waals surface area contributed by atoms with Gasteiger partial charge in [0.2, 0.25) is 0 Å². The topological polar surface area (TPSA) is 24.1 Å². The van der Waals surface area contributed by atoms with Crippen molar-refractivity contribution in [1.29, 1.82) is 0 Å². The highest BCUT2D eigenvalue weighted by molar-refractivity contribution is 7.98. The molecule has 0 saturated carbocycles. The Morgan fingerprint density at radius 1 is 1.33 bits per heavy atom. The summed E-state index contributed by atoms with van der Waals surface area (Å²) in [5.41, 5.74) is 1.73. The van der Waals surface area contributed by atoms with E-state index in [1.54, 1.807) is 11.8 Å². The Bertz CT molecular complexity index is 373. The number of thioether (sulfide) groups is 1. The monoisotopic (exact) mass is 264 g/mol. The van der Waals surface area contributed by atoms with Crippen LogP contribution in [-0.2, 0) is 6.42 Å². The first-order valence-electron chi connectivity index (χ1n) is 6.70. The lowest BCUT2D eigenvalue weighted by Gasteiger charge is -2.17. The molecular weight excluding hydrogens is 240 g/mol. The van der Waals surface area contributed by atoms with Crippen molar-refractivity contribution in [2.24, 2.45) is 0 Å². The normalized spacial score (nSPS) is 22.3. The zero-order valence-corrected chi connectivity index (χ0v) is 12.4. The second-order valence-corrected chi connectivity index (χ2v) is 6.60. The van der Waals surface area contributed by atoms with Gasteiger partial charge in [0.05, 0.1) is 0 Å². The first kappa shape index (κ1) is 13.9. The SMILES string of the molecule is CSc1ccc(CCNC2CNC(C)(C)C2)cc1. The molecule has 1 aromatic rings. The highest BCUT2D eigenvalue weighted by Gasteiger charge is 2.29. The fraction of sp³-hybridized carbons (Fsp3) is 0.600. The molecule has 100 valence electrons. The number of rotatable bonds is 5. The van der Waals surface area contributed by atoms with Gasteiger partial charge in [-0.05, 0) is 57.2 Å². The maximum absolute atomic E-state index is 3.65. The fourth-order valence-corrected chi connectivity index (χ4v) is 2.93. The largest absolute Gasteiger partial charge is 0.312 e. The van der Waals surface area contributed by atoms with E-state index in [1.165, 1.54) is 16.9 Å². The Labute approximate surface area is 115 Å². The van der Waals surface area contributed by atoms with Crippen molar-refractivity contribution in [1.82, 2.24) is 10.6 Å². The summed E-state index contributed by atoms with van der Waals surface area (Å²) in [5.74, 6) is 0. The smallest absolute Gasteiger partial charge is 0.0210 e. The molecule has 0 radical (unpaired) electrons. The third-order valence-electron chi connectivity index (χ3n) is 3.59. The average molecular weight is 264 g/mol. The summed E-state index contributed by atoms with van der Waals surface area (Å²) < 4.78 is 0. The van der Waals surface area contributed by atoms with Gasteiger partial charge < -0.3 is 10.6 Å². The van der Waals surface area contributed by atoms with Gasteiger partial charge in [0.15, 0.2) is 0 Å². The lowest BCUT2D eigenvalue weighted by molar-refractivity contribution is 0.443. The van der Waals surface area contributed by atoms with Crippen molar-refractivity contribution in [3.05, 3.63) is 29.8 Å². The van der Waals surface area contributed by atoms with Crippen molar-refractivity contribution >= 4 is 11.8 Å². The summed E-state index contributed by atoms with van der Waals surface area (Å²) >= 11 is 1.80. The van der Waals surface area contributed by atoms with E-state index in [9.17, 15) is 0 Å². The lowest BCUT2D eigenvalue weighted by Crippen LogP contribution is -2.32. The molecule has 1 fully saturated rings. The molecule has 2 nitrogen and oxygen atoms in total. The molecule has 0 spiro atoms. The lowest BCUT2D eigenvalue weighted by atomic mass is 10.0. The van der Waals surface area contributed by atoms with Gasteiger partial charge in [0, 0.05) is 23.0 Å². The predicted octanol–water partition coefficient (Wildman–Crippen LogP) is 2.68. The summed E-state index contributed by atoms with van der Waals surface area (Å²) in [7, 11) is 0. The molecule has 0 aromatic heterocycles. The first-order chi connectivity index (χ1) is 8.59. The van der Waals surface area contributed by atoms with Gasteiger partial charge in [0.1, 0.15) is 0 Å². The van der Waals surface area contributed by atoms with Crippen LogP contribution < -0.4 is 10.6 Å². The molecule has 1 unspecified atom stereocenters. The maximum Gasteiger partial charge on any atom is 0.0210 e. The summed E-state index contributed by atoms with van der Waals surface area (Å²) in [6.45, 7) is 6.71. The zero-order chi connectivity index (χ0) is 13.0. The molecule has 1 aliphatic rings. The van der Waals surface area contributed by atoms with Gasteiger partial charge in [-0.3, -0.25) is 0 Å². The summed E-state index contributed by atoms with van der Waals surface area (Å²) in [6, 6.07) is 9.53. The second-order valence-electron chi connectivity index (χ2n) is 5.72. The minimum atomic E-state index is 0.303. The van der Waals surface area contributed by atoms with E-state index < -0.39 is 0 Å². The zero-order valence-electron chi connectivity index (χ0n) is 11.6. The third-order valence-corrected chi connectivity index (χ3v) is 4.33. The Balaban J connectivity index is 1.72. The third kappa shape index (κ3) is 4.01. The number of hydrogen-bond donors (Lipinski definition) is 2. The fourth-order valence-electron chi connectivity index (χ4n) is 2.52. The molecule has 0 amide bonds. The van der Waals surface area contributed by atoms with Gasteiger partial charge in [0.25, 0.3) is 0 Å². The van der Waals surface area contributed by atoms with Gasteiger partial charge in [-0.2, -0.15) is 0 Å². The molecular formula is C15H24N2S. The minimum Gasteiger partial charge on any atom is -0.312 e. The number of benzene rings is 1. The number of hydrogen-bond acceptors (Lipinski definition) is 3. The first-order valence-corrected chi connectivity index (χ1v) is 7.93. The second kappa shape index (κ2) is 6.09. The molecule has 1 aliphatic heterocycles. The Morgan fingerprint density at radius 2 is 2.06 bits per heavy atom. The summed E-state index contributed by atoms with van der Waals surface area (Å²) in [6.07, 6.45) is 4.45. The Morgan fingerprint density at radius 3 is 2.61 bits per heavy atom. The van der Waals surface area contributed by atoms with Crippen LogP contribution in [-0.4, -0.2) is 30.9 Å². The Hall–Kier alpha value is -0.510. The molecule has 1 atom stereocenters. The van der Waals surface area contributed by atoms with Gasteiger partial charge >= 0.3 is 0 Å². The number of nitrogens with one attached hydrogen (secondary N) is 2. The van der Waals surface area contributed by atoms with Crippen LogP contribution in [0.5, 0.6) is 0 Å². The van der Waals surface area contributed by atoms with E-state index in [0.29, 0.717) is 11.6 Å². The highest BCUT2D eigenvalue weighted by atomic mass is 32.2. The van der Waals surface area contributed by atoms with Crippen LogP contribution in [0.3, 0.4) is 0 Å². The molecule has 1 saturated heterocycles.